The number of thiophene rings is 1. The number of rotatable bonds is 4. The number of nitrogens with one attached hydrogen (secondary N) is 1. The maximum atomic E-state index is 13.3. The third-order valence-corrected chi connectivity index (χ3v) is 6.01. The van der Waals surface area contributed by atoms with E-state index in [9.17, 15) is 27.6 Å². The third-order valence-electron chi connectivity index (χ3n) is 5.12. The summed E-state index contributed by atoms with van der Waals surface area (Å²) in [5, 5.41) is 4.04. The molecule has 0 spiro atoms. The minimum Gasteiger partial charge on any atom is -0.325 e. The standard InChI is InChI=1S/C23H18F3N3O3S/c1-13-6-7-17(14(2)10-13)29-21(31)20-18(8-9-33-20)28(22(29)32)12-19(30)27-16-5-3-4-15(11-16)23(24,25)26/h3-11H,12H2,1-2H3,(H,27,30). The second-order valence-electron chi connectivity index (χ2n) is 7.56. The number of hydrogen-bond donors (Lipinski definition) is 1. The first-order valence-electron chi connectivity index (χ1n) is 9.84. The molecule has 2 heterocycles. The molecule has 0 aliphatic rings. The van der Waals surface area contributed by atoms with Gasteiger partial charge < -0.3 is 5.32 Å². The van der Waals surface area contributed by atoms with Gasteiger partial charge in [0.15, 0.2) is 0 Å². The Kier molecular flexibility index (Phi) is 5.71. The fourth-order valence-corrected chi connectivity index (χ4v) is 4.45. The molecule has 2 aromatic carbocycles. The minimum atomic E-state index is -4.55. The highest BCUT2D eigenvalue weighted by Crippen LogP contribution is 2.30. The average molecular weight is 473 g/mol. The molecule has 170 valence electrons. The van der Waals surface area contributed by atoms with Gasteiger partial charge in [-0.25, -0.2) is 9.36 Å². The van der Waals surface area contributed by atoms with E-state index in [1.54, 1.807) is 30.5 Å². The van der Waals surface area contributed by atoms with Crippen molar-refractivity contribution in [3.05, 3.63) is 91.4 Å². The Morgan fingerprint density at radius 2 is 1.82 bits per heavy atom. The topological polar surface area (TPSA) is 73.1 Å². The van der Waals surface area contributed by atoms with Gasteiger partial charge in [0.1, 0.15) is 11.2 Å². The summed E-state index contributed by atoms with van der Waals surface area (Å²) in [6, 6.07) is 11.1. The van der Waals surface area contributed by atoms with Crippen LogP contribution in [0.2, 0.25) is 0 Å². The molecule has 0 aliphatic carbocycles. The highest BCUT2D eigenvalue weighted by molar-refractivity contribution is 7.17. The first-order valence-corrected chi connectivity index (χ1v) is 10.7. The fraction of sp³-hybridized carbons (Fsp3) is 0.174. The number of aryl methyl sites for hydroxylation is 2. The second kappa shape index (κ2) is 8.36. The zero-order valence-corrected chi connectivity index (χ0v) is 18.4. The molecule has 4 rings (SSSR count). The highest BCUT2D eigenvalue weighted by Gasteiger charge is 2.30. The Morgan fingerprint density at radius 3 is 2.52 bits per heavy atom. The molecule has 0 aliphatic heterocycles. The predicted octanol–water partition coefficient (Wildman–Crippen LogP) is 4.49. The van der Waals surface area contributed by atoms with Crippen molar-refractivity contribution in [3.8, 4) is 5.69 Å². The van der Waals surface area contributed by atoms with Gasteiger partial charge >= 0.3 is 11.9 Å². The van der Waals surface area contributed by atoms with Crippen LogP contribution in [-0.4, -0.2) is 15.0 Å². The van der Waals surface area contributed by atoms with Crippen LogP contribution in [0.15, 0.2) is 63.5 Å². The van der Waals surface area contributed by atoms with Gasteiger partial charge in [-0.05, 0) is 55.1 Å². The lowest BCUT2D eigenvalue weighted by Crippen LogP contribution is -2.40. The van der Waals surface area contributed by atoms with Crippen LogP contribution in [0, 0.1) is 13.8 Å². The van der Waals surface area contributed by atoms with Gasteiger partial charge in [-0.2, -0.15) is 13.2 Å². The summed E-state index contributed by atoms with van der Waals surface area (Å²) >= 11 is 1.14. The van der Waals surface area contributed by atoms with E-state index in [0.29, 0.717) is 16.0 Å². The lowest BCUT2D eigenvalue weighted by Gasteiger charge is -2.14. The number of nitrogens with zero attached hydrogens (tertiary/aromatic N) is 2. The molecule has 0 radical (unpaired) electrons. The van der Waals surface area contributed by atoms with Crippen LogP contribution in [0.4, 0.5) is 18.9 Å². The van der Waals surface area contributed by atoms with Crippen molar-refractivity contribution in [1.82, 2.24) is 9.13 Å². The van der Waals surface area contributed by atoms with Gasteiger partial charge in [-0.3, -0.25) is 14.2 Å². The molecule has 0 fully saturated rings. The molecule has 0 bridgehead atoms. The van der Waals surface area contributed by atoms with Crippen molar-refractivity contribution in [2.24, 2.45) is 0 Å². The molecular formula is C23H18F3N3O3S. The molecule has 0 atom stereocenters. The summed E-state index contributed by atoms with van der Waals surface area (Å²) in [5.74, 6) is -0.699. The normalized spacial score (nSPS) is 11.7. The third kappa shape index (κ3) is 4.34. The highest BCUT2D eigenvalue weighted by atomic mass is 32.1. The molecule has 0 saturated carbocycles. The van der Waals surface area contributed by atoms with Crippen LogP contribution in [0.1, 0.15) is 16.7 Å². The molecule has 0 saturated heterocycles. The number of halogens is 3. The number of carbonyl (C=O) groups is 1. The van der Waals surface area contributed by atoms with Crippen molar-refractivity contribution < 1.29 is 18.0 Å². The number of alkyl halides is 3. The first kappa shape index (κ1) is 22.5. The molecule has 33 heavy (non-hydrogen) atoms. The van der Waals surface area contributed by atoms with Crippen LogP contribution in [0.3, 0.4) is 0 Å². The van der Waals surface area contributed by atoms with Crippen molar-refractivity contribution >= 4 is 33.1 Å². The van der Waals surface area contributed by atoms with E-state index >= 15 is 0 Å². The monoisotopic (exact) mass is 473 g/mol. The smallest absolute Gasteiger partial charge is 0.325 e. The van der Waals surface area contributed by atoms with Crippen LogP contribution < -0.4 is 16.6 Å². The summed E-state index contributed by atoms with van der Waals surface area (Å²) in [5.41, 5.74) is 0.206. The molecule has 4 aromatic rings. The molecule has 10 heteroatoms. The lowest BCUT2D eigenvalue weighted by molar-refractivity contribution is -0.137. The second-order valence-corrected chi connectivity index (χ2v) is 8.48. The van der Waals surface area contributed by atoms with E-state index in [1.165, 1.54) is 12.1 Å². The Labute approximate surface area is 189 Å². The van der Waals surface area contributed by atoms with Crippen molar-refractivity contribution in [3.63, 3.8) is 0 Å². The van der Waals surface area contributed by atoms with E-state index < -0.39 is 35.4 Å². The summed E-state index contributed by atoms with van der Waals surface area (Å²) in [6.07, 6.45) is -4.55. The summed E-state index contributed by atoms with van der Waals surface area (Å²) in [4.78, 5) is 39.0. The van der Waals surface area contributed by atoms with Gasteiger partial charge in [0.2, 0.25) is 5.91 Å². The van der Waals surface area contributed by atoms with Crippen LogP contribution in [-0.2, 0) is 17.5 Å². The number of carbonyl (C=O) groups excluding carboxylic acids is 1. The van der Waals surface area contributed by atoms with Crippen LogP contribution in [0.5, 0.6) is 0 Å². The van der Waals surface area contributed by atoms with Crippen molar-refractivity contribution in [1.29, 1.82) is 0 Å². The van der Waals surface area contributed by atoms with Gasteiger partial charge in [0, 0.05) is 5.69 Å². The number of benzene rings is 2. The summed E-state index contributed by atoms with van der Waals surface area (Å²) in [7, 11) is 0. The van der Waals surface area contributed by atoms with E-state index in [4.69, 9.17) is 0 Å². The molecular weight excluding hydrogens is 455 g/mol. The number of fused-ring (bicyclic) bond motifs is 1. The number of anilines is 1. The maximum Gasteiger partial charge on any atom is 0.416 e. The zero-order valence-electron chi connectivity index (χ0n) is 17.6. The lowest BCUT2D eigenvalue weighted by atomic mass is 10.1. The summed E-state index contributed by atoms with van der Waals surface area (Å²) in [6.45, 7) is 3.18. The zero-order chi connectivity index (χ0) is 23.9. The van der Waals surface area contributed by atoms with Crippen molar-refractivity contribution in [2.75, 3.05) is 5.32 Å². The Morgan fingerprint density at radius 1 is 1.06 bits per heavy atom. The molecule has 6 nitrogen and oxygen atoms in total. The maximum absolute atomic E-state index is 13.3. The quantitative estimate of drug-likeness (QED) is 0.475. The van der Waals surface area contributed by atoms with E-state index in [1.807, 2.05) is 13.0 Å². The number of aromatic nitrogens is 2. The molecule has 1 N–H and O–H groups in total. The Hall–Kier alpha value is -3.66. The van der Waals surface area contributed by atoms with Crippen LogP contribution >= 0.6 is 11.3 Å². The first-order chi connectivity index (χ1) is 15.6. The van der Waals surface area contributed by atoms with Crippen molar-refractivity contribution in [2.45, 2.75) is 26.6 Å². The Bertz CT molecular complexity index is 1500. The average Bonchev–Trinajstić information content (AvgIpc) is 3.22. The van der Waals surface area contributed by atoms with Crippen LogP contribution in [0.25, 0.3) is 15.9 Å². The van der Waals surface area contributed by atoms with E-state index in [0.717, 1.165) is 38.2 Å². The van der Waals surface area contributed by atoms with E-state index in [-0.39, 0.29) is 11.2 Å². The molecule has 0 unspecified atom stereocenters. The fourth-order valence-electron chi connectivity index (χ4n) is 3.63. The number of hydrogen-bond acceptors (Lipinski definition) is 4. The molecule has 1 amide bonds. The number of amides is 1. The predicted molar refractivity (Wildman–Crippen MR) is 121 cm³/mol. The van der Waals surface area contributed by atoms with Gasteiger partial charge in [-0.15, -0.1) is 11.3 Å². The molecule has 2 aromatic heterocycles. The van der Waals surface area contributed by atoms with Gasteiger partial charge in [-0.1, -0.05) is 23.8 Å². The minimum absolute atomic E-state index is 0.0489. The SMILES string of the molecule is Cc1ccc(-n2c(=O)c3sccc3n(CC(=O)Nc3cccc(C(F)(F)F)c3)c2=O)c(C)c1. The van der Waals surface area contributed by atoms with E-state index in [2.05, 4.69) is 5.32 Å². The Balaban J connectivity index is 1.76. The van der Waals surface area contributed by atoms with Gasteiger partial charge in [0.05, 0.1) is 16.8 Å². The largest absolute Gasteiger partial charge is 0.416 e. The summed E-state index contributed by atoms with van der Waals surface area (Å²) < 4.78 is 41.3. The van der Waals surface area contributed by atoms with Gasteiger partial charge in [0.25, 0.3) is 5.56 Å².